The van der Waals surface area contributed by atoms with Crippen LogP contribution in [-0.4, -0.2) is 4.98 Å². The SMILES string of the molecule is Cc1cccc(-c2ccc(C#N)cc2)n1. The maximum atomic E-state index is 8.68. The Morgan fingerprint density at radius 2 is 1.80 bits per heavy atom. The van der Waals surface area contributed by atoms with Gasteiger partial charge in [0.05, 0.1) is 17.3 Å². The number of hydrogen-bond acceptors (Lipinski definition) is 2. The smallest absolute Gasteiger partial charge is 0.0991 e. The van der Waals surface area contributed by atoms with Gasteiger partial charge in [0.25, 0.3) is 0 Å². The van der Waals surface area contributed by atoms with Gasteiger partial charge in [-0.2, -0.15) is 5.26 Å². The zero-order valence-electron chi connectivity index (χ0n) is 8.44. The maximum Gasteiger partial charge on any atom is 0.0991 e. The first-order valence-electron chi connectivity index (χ1n) is 4.74. The molecule has 0 N–H and O–H groups in total. The molecule has 0 aliphatic rings. The Morgan fingerprint density at radius 3 is 2.40 bits per heavy atom. The molecule has 0 spiro atoms. The van der Waals surface area contributed by atoms with Gasteiger partial charge in [0, 0.05) is 11.3 Å². The number of aryl methyl sites for hydroxylation is 1. The Balaban J connectivity index is 2.42. The Labute approximate surface area is 88.8 Å². The van der Waals surface area contributed by atoms with Gasteiger partial charge in [-0.15, -0.1) is 0 Å². The third-order valence-corrected chi connectivity index (χ3v) is 2.20. The van der Waals surface area contributed by atoms with Crippen LogP contribution in [0.3, 0.4) is 0 Å². The summed E-state index contributed by atoms with van der Waals surface area (Å²) >= 11 is 0. The van der Waals surface area contributed by atoms with Gasteiger partial charge >= 0.3 is 0 Å². The van der Waals surface area contributed by atoms with E-state index in [1.165, 1.54) is 0 Å². The molecule has 0 bridgehead atoms. The molecule has 0 unspecified atom stereocenters. The number of nitrogens with zero attached hydrogens (tertiary/aromatic N) is 2. The van der Waals surface area contributed by atoms with E-state index in [-0.39, 0.29) is 0 Å². The Hall–Kier alpha value is -2.14. The van der Waals surface area contributed by atoms with Crippen LogP contribution in [0.1, 0.15) is 11.3 Å². The van der Waals surface area contributed by atoms with Crippen LogP contribution in [0.15, 0.2) is 42.5 Å². The van der Waals surface area contributed by atoms with Gasteiger partial charge in [0.2, 0.25) is 0 Å². The molecule has 0 fully saturated rings. The van der Waals surface area contributed by atoms with Crippen molar-refractivity contribution in [2.75, 3.05) is 0 Å². The first-order valence-corrected chi connectivity index (χ1v) is 4.74. The van der Waals surface area contributed by atoms with E-state index in [9.17, 15) is 0 Å². The zero-order chi connectivity index (χ0) is 10.7. The average Bonchev–Trinajstić information content (AvgIpc) is 2.29. The van der Waals surface area contributed by atoms with Crippen LogP contribution in [0, 0.1) is 18.3 Å². The van der Waals surface area contributed by atoms with Crippen molar-refractivity contribution >= 4 is 0 Å². The van der Waals surface area contributed by atoms with Crippen molar-refractivity contribution in [1.82, 2.24) is 4.98 Å². The third-order valence-electron chi connectivity index (χ3n) is 2.20. The van der Waals surface area contributed by atoms with E-state index >= 15 is 0 Å². The fourth-order valence-corrected chi connectivity index (χ4v) is 1.42. The van der Waals surface area contributed by atoms with Crippen LogP contribution >= 0.6 is 0 Å². The molecule has 0 radical (unpaired) electrons. The second-order valence-electron chi connectivity index (χ2n) is 3.35. The summed E-state index contributed by atoms with van der Waals surface area (Å²) < 4.78 is 0. The van der Waals surface area contributed by atoms with E-state index in [0.29, 0.717) is 5.56 Å². The van der Waals surface area contributed by atoms with Crippen LogP contribution in [-0.2, 0) is 0 Å². The van der Waals surface area contributed by atoms with Gasteiger partial charge in [-0.25, -0.2) is 0 Å². The van der Waals surface area contributed by atoms with Crippen molar-refractivity contribution in [1.29, 1.82) is 5.26 Å². The zero-order valence-corrected chi connectivity index (χ0v) is 8.44. The molecule has 2 heteroatoms. The number of rotatable bonds is 1. The van der Waals surface area contributed by atoms with E-state index in [2.05, 4.69) is 11.1 Å². The van der Waals surface area contributed by atoms with Gasteiger partial charge in [0.1, 0.15) is 0 Å². The molecule has 0 saturated carbocycles. The van der Waals surface area contributed by atoms with Crippen LogP contribution in [0.25, 0.3) is 11.3 Å². The van der Waals surface area contributed by atoms with E-state index in [4.69, 9.17) is 5.26 Å². The monoisotopic (exact) mass is 194 g/mol. The normalized spacial score (nSPS) is 9.60. The molecular weight excluding hydrogens is 184 g/mol. The molecule has 1 aromatic carbocycles. The molecule has 15 heavy (non-hydrogen) atoms. The molecule has 2 rings (SSSR count). The number of nitriles is 1. The van der Waals surface area contributed by atoms with Crippen molar-refractivity contribution in [3.05, 3.63) is 53.7 Å². The minimum Gasteiger partial charge on any atom is -0.253 e. The molecule has 72 valence electrons. The van der Waals surface area contributed by atoms with E-state index in [1.54, 1.807) is 12.1 Å². The lowest BCUT2D eigenvalue weighted by atomic mass is 10.1. The first-order chi connectivity index (χ1) is 7.29. The number of aromatic nitrogens is 1. The molecule has 0 aliphatic heterocycles. The largest absolute Gasteiger partial charge is 0.253 e. The van der Waals surface area contributed by atoms with Gasteiger partial charge < -0.3 is 0 Å². The molecular formula is C13H10N2. The second kappa shape index (κ2) is 3.93. The second-order valence-corrected chi connectivity index (χ2v) is 3.35. The van der Waals surface area contributed by atoms with Gasteiger partial charge in [0.15, 0.2) is 0 Å². The predicted molar refractivity (Wildman–Crippen MR) is 59.1 cm³/mol. The lowest BCUT2D eigenvalue weighted by Gasteiger charge is -2.01. The van der Waals surface area contributed by atoms with E-state index in [1.807, 2.05) is 37.3 Å². The summed E-state index contributed by atoms with van der Waals surface area (Å²) in [5, 5.41) is 8.68. The lowest BCUT2D eigenvalue weighted by Crippen LogP contribution is -1.85. The van der Waals surface area contributed by atoms with Crippen molar-refractivity contribution in [2.24, 2.45) is 0 Å². The van der Waals surface area contributed by atoms with Gasteiger partial charge in [-0.3, -0.25) is 4.98 Å². The molecule has 2 nitrogen and oxygen atoms in total. The molecule has 1 aromatic heterocycles. The van der Waals surface area contributed by atoms with E-state index < -0.39 is 0 Å². The van der Waals surface area contributed by atoms with Crippen LogP contribution in [0.5, 0.6) is 0 Å². The Morgan fingerprint density at radius 1 is 1.07 bits per heavy atom. The van der Waals surface area contributed by atoms with E-state index in [0.717, 1.165) is 17.0 Å². The molecule has 0 aliphatic carbocycles. The summed E-state index contributed by atoms with van der Waals surface area (Å²) in [6, 6.07) is 15.5. The maximum absolute atomic E-state index is 8.68. The summed E-state index contributed by atoms with van der Waals surface area (Å²) in [4.78, 5) is 4.42. The highest BCUT2D eigenvalue weighted by Crippen LogP contribution is 2.17. The first kappa shape index (κ1) is 9.42. The minimum absolute atomic E-state index is 0.673. The number of benzene rings is 1. The highest BCUT2D eigenvalue weighted by molar-refractivity contribution is 5.60. The molecule has 0 amide bonds. The fourth-order valence-electron chi connectivity index (χ4n) is 1.42. The highest BCUT2D eigenvalue weighted by Gasteiger charge is 1.98. The van der Waals surface area contributed by atoms with Crippen molar-refractivity contribution in [3.63, 3.8) is 0 Å². The standard InChI is InChI=1S/C13H10N2/c1-10-3-2-4-13(15-10)12-7-5-11(9-14)6-8-12/h2-8H,1H3. The van der Waals surface area contributed by atoms with Crippen molar-refractivity contribution in [2.45, 2.75) is 6.92 Å². The van der Waals surface area contributed by atoms with Gasteiger partial charge in [-0.05, 0) is 31.2 Å². The summed E-state index contributed by atoms with van der Waals surface area (Å²) in [6.07, 6.45) is 0. The molecule has 0 saturated heterocycles. The topological polar surface area (TPSA) is 36.7 Å². The lowest BCUT2D eigenvalue weighted by molar-refractivity contribution is 1.20. The summed E-state index contributed by atoms with van der Waals surface area (Å²) in [7, 11) is 0. The Bertz CT molecular complexity index is 507. The number of hydrogen-bond donors (Lipinski definition) is 0. The minimum atomic E-state index is 0.673. The quantitative estimate of drug-likeness (QED) is 0.699. The third kappa shape index (κ3) is 2.03. The average molecular weight is 194 g/mol. The van der Waals surface area contributed by atoms with Crippen LogP contribution in [0.2, 0.25) is 0 Å². The molecule has 0 atom stereocenters. The molecule has 2 aromatic rings. The summed E-state index contributed by atoms with van der Waals surface area (Å²) in [5.74, 6) is 0. The summed E-state index contributed by atoms with van der Waals surface area (Å²) in [6.45, 7) is 1.97. The van der Waals surface area contributed by atoms with Crippen molar-refractivity contribution in [3.8, 4) is 17.3 Å². The highest BCUT2D eigenvalue weighted by atomic mass is 14.7. The van der Waals surface area contributed by atoms with Crippen LogP contribution < -0.4 is 0 Å². The van der Waals surface area contributed by atoms with Crippen LogP contribution in [0.4, 0.5) is 0 Å². The van der Waals surface area contributed by atoms with Gasteiger partial charge in [-0.1, -0.05) is 18.2 Å². The molecule has 1 heterocycles. The predicted octanol–water partition coefficient (Wildman–Crippen LogP) is 2.93. The number of pyridine rings is 1. The Kier molecular flexibility index (Phi) is 2.47. The fraction of sp³-hybridized carbons (Fsp3) is 0.0769. The van der Waals surface area contributed by atoms with Crippen molar-refractivity contribution < 1.29 is 0 Å². The summed E-state index contributed by atoms with van der Waals surface area (Å²) in [5.41, 5.74) is 3.65.